The highest BCUT2D eigenvalue weighted by atomic mass is 32.1. The van der Waals surface area contributed by atoms with Crippen LogP contribution in [0.2, 0.25) is 0 Å². The van der Waals surface area contributed by atoms with Gasteiger partial charge in [0.25, 0.3) is 11.8 Å². The molecule has 1 heterocycles. The van der Waals surface area contributed by atoms with Crippen molar-refractivity contribution >= 4 is 29.1 Å². The average Bonchev–Trinajstić information content (AvgIpc) is 3.14. The number of nitrogens with zero attached hydrogens (tertiary/aromatic N) is 1. The van der Waals surface area contributed by atoms with Crippen molar-refractivity contribution in [3.8, 4) is 0 Å². The number of ether oxygens (including phenoxy) is 1. The Hall–Kier alpha value is -2.67. The fourth-order valence-electron chi connectivity index (χ4n) is 2.09. The van der Waals surface area contributed by atoms with E-state index in [-0.39, 0.29) is 24.8 Å². The number of esters is 1. The minimum Gasteiger partial charge on any atom is -0.447 e. The van der Waals surface area contributed by atoms with Crippen LogP contribution in [0.1, 0.15) is 28.4 Å². The summed E-state index contributed by atoms with van der Waals surface area (Å²) in [5, 5.41) is 6.19. The molecule has 7 heteroatoms. The molecule has 0 fully saturated rings. The Balaban J connectivity index is 1.91. The average molecular weight is 360 g/mol. The van der Waals surface area contributed by atoms with Crippen LogP contribution in [-0.2, 0) is 14.3 Å². The van der Waals surface area contributed by atoms with Crippen molar-refractivity contribution in [3.05, 3.63) is 58.3 Å². The van der Waals surface area contributed by atoms with Gasteiger partial charge in [0.1, 0.15) is 0 Å². The SMILES string of the molecule is CN(C)C(=O)C(OC(=O)CCNC(=O)c1ccsc1)c1ccccc1. The predicted octanol–water partition coefficient (Wildman–Crippen LogP) is 2.24. The number of hydrogen-bond donors (Lipinski definition) is 1. The van der Waals surface area contributed by atoms with Gasteiger partial charge in [-0.15, -0.1) is 0 Å². The molecular weight excluding hydrogens is 340 g/mol. The number of carbonyl (C=O) groups is 3. The molecule has 0 aliphatic heterocycles. The maximum Gasteiger partial charge on any atom is 0.308 e. The molecule has 1 aromatic carbocycles. The van der Waals surface area contributed by atoms with Crippen LogP contribution in [0.4, 0.5) is 0 Å². The number of likely N-dealkylation sites (N-methyl/N-ethyl adjacent to an activating group) is 1. The highest BCUT2D eigenvalue weighted by Gasteiger charge is 2.26. The molecule has 2 aromatic rings. The topological polar surface area (TPSA) is 75.7 Å². The third-order valence-corrected chi connectivity index (χ3v) is 4.10. The second kappa shape index (κ2) is 8.98. The minimum absolute atomic E-state index is 0.0140. The Bertz CT molecular complexity index is 714. The van der Waals surface area contributed by atoms with Crippen molar-refractivity contribution in [1.82, 2.24) is 10.2 Å². The van der Waals surface area contributed by atoms with Crippen LogP contribution in [0, 0.1) is 0 Å². The zero-order valence-corrected chi connectivity index (χ0v) is 14.9. The molecule has 1 N–H and O–H groups in total. The molecule has 25 heavy (non-hydrogen) atoms. The Morgan fingerprint density at radius 2 is 1.88 bits per heavy atom. The summed E-state index contributed by atoms with van der Waals surface area (Å²) >= 11 is 1.42. The highest BCUT2D eigenvalue weighted by molar-refractivity contribution is 7.08. The summed E-state index contributed by atoms with van der Waals surface area (Å²) in [6.45, 7) is 0.144. The molecule has 0 aliphatic rings. The van der Waals surface area contributed by atoms with Gasteiger partial charge in [0.15, 0.2) is 0 Å². The van der Waals surface area contributed by atoms with Crippen LogP contribution in [0.15, 0.2) is 47.2 Å². The van der Waals surface area contributed by atoms with Gasteiger partial charge in [0, 0.05) is 37.1 Å². The van der Waals surface area contributed by atoms with Crippen LogP contribution in [0.3, 0.4) is 0 Å². The zero-order valence-electron chi connectivity index (χ0n) is 14.1. The molecule has 0 saturated heterocycles. The number of amides is 2. The van der Waals surface area contributed by atoms with E-state index in [1.807, 2.05) is 6.07 Å². The van der Waals surface area contributed by atoms with Crippen molar-refractivity contribution in [2.45, 2.75) is 12.5 Å². The standard InChI is InChI=1S/C18H20N2O4S/c1-20(2)18(23)16(13-6-4-3-5-7-13)24-15(21)8-10-19-17(22)14-9-11-25-12-14/h3-7,9,11-12,16H,8,10H2,1-2H3,(H,19,22). The first kappa shape index (κ1) is 18.7. The highest BCUT2D eigenvalue weighted by Crippen LogP contribution is 2.20. The van der Waals surface area contributed by atoms with E-state index in [0.717, 1.165) is 0 Å². The maximum absolute atomic E-state index is 12.3. The van der Waals surface area contributed by atoms with E-state index in [4.69, 9.17) is 4.74 Å². The summed E-state index contributed by atoms with van der Waals surface area (Å²) in [5.74, 6) is -1.10. The number of benzene rings is 1. The molecule has 2 rings (SSSR count). The van der Waals surface area contributed by atoms with E-state index >= 15 is 0 Å². The molecule has 0 spiro atoms. The molecule has 1 atom stereocenters. The molecule has 132 valence electrons. The monoisotopic (exact) mass is 360 g/mol. The molecule has 0 bridgehead atoms. The van der Waals surface area contributed by atoms with Crippen LogP contribution in [-0.4, -0.2) is 43.3 Å². The fraction of sp³-hybridized carbons (Fsp3) is 0.278. The summed E-state index contributed by atoms with van der Waals surface area (Å²) in [5.41, 5.74) is 1.17. The maximum atomic E-state index is 12.3. The van der Waals surface area contributed by atoms with Gasteiger partial charge < -0.3 is 15.0 Å². The molecule has 6 nitrogen and oxygen atoms in total. The van der Waals surface area contributed by atoms with Crippen molar-refractivity contribution in [1.29, 1.82) is 0 Å². The number of carbonyl (C=O) groups excluding carboxylic acids is 3. The summed E-state index contributed by atoms with van der Waals surface area (Å²) < 4.78 is 5.35. The van der Waals surface area contributed by atoms with E-state index in [1.54, 1.807) is 55.2 Å². The first-order valence-electron chi connectivity index (χ1n) is 7.75. The van der Waals surface area contributed by atoms with Gasteiger partial charge in [-0.3, -0.25) is 14.4 Å². The molecule has 0 saturated carbocycles. The van der Waals surface area contributed by atoms with E-state index in [9.17, 15) is 14.4 Å². The van der Waals surface area contributed by atoms with E-state index in [1.165, 1.54) is 16.2 Å². The van der Waals surface area contributed by atoms with Gasteiger partial charge in [0.05, 0.1) is 6.42 Å². The van der Waals surface area contributed by atoms with Gasteiger partial charge in [-0.05, 0) is 11.4 Å². The Kier molecular flexibility index (Phi) is 6.71. The summed E-state index contributed by atoms with van der Waals surface area (Å²) in [7, 11) is 3.21. The lowest BCUT2D eigenvalue weighted by Gasteiger charge is -2.21. The molecule has 1 unspecified atom stereocenters. The van der Waals surface area contributed by atoms with E-state index in [2.05, 4.69) is 5.32 Å². The van der Waals surface area contributed by atoms with Crippen LogP contribution in [0.5, 0.6) is 0 Å². The fourth-order valence-corrected chi connectivity index (χ4v) is 2.72. The third kappa shape index (κ3) is 5.42. The first-order valence-corrected chi connectivity index (χ1v) is 8.69. The zero-order chi connectivity index (χ0) is 18.2. The van der Waals surface area contributed by atoms with Gasteiger partial charge in [-0.2, -0.15) is 11.3 Å². The van der Waals surface area contributed by atoms with Gasteiger partial charge in [0.2, 0.25) is 6.10 Å². The third-order valence-electron chi connectivity index (χ3n) is 3.41. The Morgan fingerprint density at radius 1 is 1.16 bits per heavy atom. The summed E-state index contributed by atoms with van der Waals surface area (Å²) in [6.07, 6.45) is -1.00. The molecule has 1 aromatic heterocycles. The first-order chi connectivity index (χ1) is 12.0. The number of nitrogens with one attached hydrogen (secondary N) is 1. The van der Waals surface area contributed by atoms with Crippen LogP contribution in [0.25, 0.3) is 0 Å². The molecule has 0 aliphatic carbocycles. The second-order valence-corrected chi connectivity index (χ2v) is 6.31. The molecular formula is C18H20N2O4S. The van der Waals surface area contributed by atoms with E-state index < -0.39 is 12.1 Å². The predicted molar refractivity (Wildman–Crippen MR) is 95.2 cm³/mol. The van der Waals surface area contributed by atoms with Crippen molar-refractivity contribution < 1.29 is 19.1 Å². The lowest BCUT2D eigenvalue weighted by Crippen LogP contribution is -2.32. The van der Waals surface area contributed by atoms with Crippen LogP contribution < -0.4 is 5.32 Å². The number of thiophene rings is 1. The van der Waals surface area contributed by atoms with Crippen molar-refractivity contribution in [2.24, 2.45) is 0 Å². The lowest BCUT2D eigenvalue weighted by molar-refractivity contribution is -0.159. The second-order valence-electron chi connectivity index (χ2n) is 5.53. The van der Waals surface area contributed by atoms with Gasteiger partial charge in [-0.1, -0.05) is 30.3 Å². The smallest absolute Gasteiger partial charge is 0.308 e. The minimum atomic E-state index is -0.990. The Morgan fingerprint density at radius 3 is 2.48 bits per heavy atom. The Labute approximate surface area is 150 Å². The number of hydrogen-bond acceptors (Lipinski definition) is 5. The van der Waals surface area contributed by atoms with E-state index in [0.29, 0.717) is 11.1 Å². The largest absolute Gasteiger partial charge is 0.447 e. The quantitative estimate of drug-likeness (QED) is 0.769. The van der Waals surface area contributed by atoms with Crippen molar-refractivity contribution in [2.75, 3.05) is 20.6 Å². The summed E-state index contributed by atoms with van der Waals surface area (Å²) in [4.78, 5) is 37.6. The normalized spacial score (nSPS) is 11.4. The number of rotatable bonds is 7. The lowest BCUT2D eigenvalue weighted by atomic mass is 10.1. The molecule has 2 amide bonds. The van der Waals surface area contributed by atoms with Crippen LogP contribution >= 0.6 is 11.3 Å². The van der Waals surface area contributed by atoms with Crippen molar-refractivity contribution in [3.63, 3.8) is 0 Å². The summed E-state index contributed by atoms with van der Waals surface area (Å²) in [6, 6.07) is 10.6. The molecule has 0 radical (unpaired) electrons. The van der Waals surface area contributed by atoms with Gasteiger partial charge in [-0.25, -0.2) is 0 Å². The van der Waals surface area contributed by atoms with Gasteiger partial charge >= 0.3 is 5.97 Å².